The van der Waals surface area contributed by atoms with E-state index in [0.29, 0.717) is 0 Å². The molecule has 0 radical (unpaired) electrons. The summed E-state index contributed by atoms with van der Waals surface area (Å²) in [4.78, 5) is 0. The third kappa shape index (κ3) is 8.81. The molecule has 0 aromatic heterocycles. The Hall–Kier alpha value is -3.52. The third-order valence-corrected chi connectivity index (χ3v) is 66.0. The average Bonchev–Trinajstić information content (AvgIpc) is 3.90. The van der Waals surface area contributed by atoms with Crippen LogP contribution >= 0.6 is 17.0 Å². The van der Waals surface area contributed by atoms with Crippen molar-refractivity contribution in [1.29, 1.82) is 0 Å². The number of hydrogen-bond acceptors (Lipinski definition) is 0. The Morgan fingerprint density at radius 1 is 0.403 bits per heavy atom. The van der Waals surface area contributed by atoms with Crippen molar-refractivity contribution in [2.45, 2.75) is 111 Å². The molecule has 0 saturated heterocycles. The van der Waals surface area contributed by atoms with Gasteiger partial charge in [-0.05, 0) is 0 Å². The number of benzene rings is 6. The first-order valence-electron chi connectivity index (χ1n) is 23.8. The van der Waals surface area contributed by atoms with Gasteiger partial charge in [0.2, 0.25) is 0 Å². The van der Waals surface area contributed by atoms with Gasteiger partial charge >= 0.3 is 385 Å². The molecule has 8 rings (SSSR count). The van der Waals surface area contributed by atoms with E-state index in [-0.39, 0.29) is 7.25 Å². The van der Waals surface area contributed by atoms with Gasteiger partial charge in [-0.2, -0.15) is 0 Å². The van der Waals surface area contributed by atoms with Crippen molar-refractivity contribution in [3.8, 4) is 44.5 Å². The molecular weight excluding hydrogens is 887 g/mol. The van der Waals surface area contributed by atoms with Gasteiger partial charge in [-0.3, -0.25) is 0 Å². The maximum atomic E-state index is 9.38. The summed E-state index contributed by atoms with van der Waals surface area (Å²) in [6.45, 7) is 9.69. The maximum absolute atomic E-state index is 9.38. The summed E-state index contributed by atoms with van der Waals surface area (Å²) in [7, 11) is 18.8. The van der Waals surface area contributed by atoms with Gasteiger partial charge < -0.3 is 0 Å². The molecule has 2 atom stereocenters. The molecule has 2 unspecified atom stereocenters. The molecule has 0 bridgehead atoms. The number of halogens is 2. The zero-order valence-electron chi connectivity index (χ0n) is 37.5. The van der Waals surface area contributed by atoms with E-state index in [2.05, 4.69) is 185 Å². The third-order valence-electron chi connectivity index (χ3n) is 14.2. The van der Waals surface area contributed by atoms with Crippen LogP contribution in [0.15, 0.2) is 157 Å². The van der Waals surface area contributed by atoms with E-state index in [9.17, 15) is 17.0 Å². The van der Waals surface area contributed by atoms with E-state index in [4.69, 9.17) is 0 Å². The van der Waals surface area contributed by atoms with Crippen LogP contribution in [0, 0.1) is 0 Å². The molecule has 0 saturated carbocycles. The zero-order chi connectivity index (χ0) is 43.1. The van der Waals surface area contributed by atoms with Crippen LogP contribution < -0.4 is 0 Å². The van der Waals surface area contributed by atoms with Crippen molar-refractivity contribution >= 4 is 35.1 Å². The second-order valence-electron chi connectivity index (χ2n) is 18.5. The van der Waals surface area contributed by atoms with Gasteiger partial charge in [-0.15, -0.1) is 0 Å². The predicted molar refractivity (Wildman–Crippen MR) is 273 cm³/mol. The molecule has 6 aromatic rings. The van der Waals surface area contributed by atoms with Crippen LogP contribution in [-0.4, -0.2) is 5.92 Å². The zero-order valence-corrected chi connectivity index (χ0v) is 42.6. The Morgan fingerprint density at radius 2 is 0.710 bits per heavy atom. The van der Waals surface area contributed by atoms with Gasteiger partial charge in [0.15, 0.2) is 0 Å². The molecular formula is C58H65Cl2SiZr. The number of fused-ring (bicyclic) bond motifs is 2. The molecule has 0 nitrogen and oxygen atoms in total. The first-order valence-corrected chi connectivity index (χ1v) is 40.1. The summed E-state index contributed by atoms with van der Waals surface area (Å²) < 4.78 is -0.00939. The van der Waals surface area contributed by atoms with Gasteiger partial charge in [-0.1, -0.05) is 0 Å². The van der Waals surface area contributed by atoms with E-state index in [1.54, 1.807) is 0 Å². The summed E-state index contributed by atoms with van der Waals surface area (Å²) in [5, 5.41) is 0. The van der Waals surface area contributed by atoms with Crippen molar-refractivity contribution in [3.05, 3.63) is 179 Å². The first kappa shape index (κ1) is 45.1. The number of unbranched alkanes of at least 4 members (excludes halogenated alkanes) is 8. The van der Waals surface area contributed by atoms with Crippen molar-refractivity contribution in [2.75, 3.05) is 0 Å². The van der Waals surface area contributed by atoms with E-state index in [1.165, 1.54) is 129 Å². The molecule has 62 heavy (non-hydrogen) atoms. The van der Waals surface area contributed by atoms with Gasteiger partial charge in [-0.25, -0.2) is 0 Å². The van der Waals surface area contributed by atoms with E-state index in [1.807, 2.05) is 0 Å². The quantitative estimate of drug-likeness (QED) is 0.0561. The van der Waals surface area contributed by atoms with Crippen LogP contribution in [0.3, 0.4) is 0 Å². The van der Waals surface area contributed by atoms with Crippen LogP contribution in [0.1, 0.15) is 120 Å². The molecule has 0 fully saturated rings. The molecule has 0 heterocycles. The second kappa shape index (κ2) is 20.1. The molecule has 0 N–H and O–H groups in total. The monoisotopic (exact) mass is 949 g/mol. The number of hydrogen-bond donors (Lipinski definition) is 0. The summed E-state index contributed by atoms with van der Waals surface area (Å²) in [6, 6.07) is 53.8. The Bertz CT molecular complexity index is 2340. The van der Waals surface area contributed by atoms with Crippen molar-refractivity contribution in [3.63, 3.8) is 0 Å². The van der Waals surface area contributed by atoms with Crippen LogP contribution in [0.2, 0.25) is 13.1 Å². The van der Waals surface area contributed by atoms with Crippen molar-refractivity contribution in [1.82, 2.24) is 0 Å². The normalized spacial score (nSPS) is 16.4. The molecule has 0 amide bonds. The van der Waals surface area contributed by atoms with Crippen LogP contribution in [0.5, 0.6) is 0 Å². The van der Waals surface area contributed by atoms with Gasteiger partial charge in [0.1, 0.15) is 0 Å². The Morgan fingerprint density at radius 3 is 1.03 bits per heavy atom. The fourth-order valence-corrected chi connectivity index (χ4v) is 42.2. The van der Waals surface area contributed by atoms with E-state index >= 15 is 0 Å². The first-order chi connectivity index (χ1) is 30.3. The summed E-state index contributed by atoms with van der Waals surface area (Å²) >= 11 is -5.31. The Labute approximate surface area is 382 Å². The Kier molecular flexibility index (Phi) is 14.6. The molecule has 4 heteroatoms. The van der Waals surface area contributed by atoms with Gasteiger partial charge in [0.25, 0.3) is 0 Å². The SMILES string of the molecule is CCCCCCCC1=Cc2c(-c3ccccc3)ccc(-c3ccccc3)c2[CH]1[Zr]([Cl])([Cl])([CH]1C(CCCCCCC)=Cc2c(-c3ccccc3)ccc(-c3ccccc3)c21)[SiH](C)C. The molecule has 6 aromatic carbocycles. The molecule has 0 aliphatic heterocycles. The summed E-state index contributed by atoms with van der Waals surface area (Å²) in [5.74, 6) is -1.87. The van der Waals surface area contributed by atoms with E-state index < -0.39 is 21.5 Å². The number of allylic oxidation sites excluding steroid dienone is 2. The summed E-state index contributed by atoms with van der Waals surface area (Å²) in [6.07, 6.45) is 19.6. The van der Waals surface area contributed by atoms with Gasteiger partial charge in [0.05, 0.1) is 0 Å². The van der Waals surface area contributed by atoms with Crippen molar-refractivity contribution in [2.24, 2.45) is 0 Å². The molecule has 319 valence electrons. The van der Waals surface area contributed by atoms with Crippen molar-refractivity contribution < 1.29 is 15.6 Å². The number of rotatable bonds is 19. The second-order valence-corrected chi connectivity index (χ2v) is 61.0. The minimum absolute atomic E-state index is 0.00469. The Balaban J connectivity index is 1.43. The fraction of sp³-hybridized carbons (Fsp3) is 0.310. The predicted octanol–water partition coefficient (Wildman–Crippen LogP) is 18.6. The molecule has 2 aliphatic carbocycles. The van der Waals surface area contributed by atoms with Crippen LogP contribution in [0.25, 0.3) is 56.7 Å². The minimum atomic E-state index is -5.31. The average molecular weight is 952 g/mol. The van der Waals surface area contributed by atoms with Crippen LogP contribution in [0.4, 0.5) is 0 Å². The summed E-state index contributed by atoms with van der Waals surface area (Å²) in [5.41, 5.74) is 18.6. The van der Waals surface area contributed by atoms with Crippen LogP contribution in [-0.2, 0) is 15.6 Å². The topological polar surface area (TPSA) is 0 Å². The fourth-order valence-electron chi connectivity index (χ4n) is 11.0. The molecule has 2 aliphatic rings. The van der Waals surface area contributed by atoms with E-state index in [0.717, 1.165) is 25.7 Å². The van der Waals surface area contributed by atoms with Gasteiger partial charge in [0, 0.05) is 0 Å². The standard InChI is InChI=1S/2C28H29.C2H7Si.2ClH.Zr/c2*1-2-3-4-5-8-13-22-20-27-25(23-14-9-6-10-15-23)18-19-26(28(27)21-22)24-16-11-7-12-17-24;1-3-2;;;/h2*6-7,9-12,14-21H,2-5,8,13H2,1H3;3H,1-2H3;2*1H;/q;;;;;+2/p-2. The molecule has 0 spiro atoms.